The van der Waals surface area contributed by atoms with E-state index in [1.54, 1.807) is 33.8 Å². The summed E-state index contributed by atoms with van der Waals surface area (Å²) in [6.07, 6.45) is -1.86. The number of rotatable bonds is 3. The van der Waals surface area contributed by atoms with Crippen molar-refractivity contribution in [3.8, 4) is 0 Å². The molecule has 1 aromatic rings. The quantitative estimate of drug-likeness (QED) is 0.615. The molecule has 6 heteroatoms. The summed E-state index contributed by atoms with van der Waals surface area (Å²) in [5.74, 6) is -0.553. The van der Waals surface area contributed by atoms with Crippen molar-refractivity contribution in [2.45, 2.75) is 46.1 Å². The third-order valence-corrected chi connectivity index (χ3v) is 2.41. The highest BCUT2D eigenvalue weighted by molar-refractivity contribution is 5.69. The van der Waals surface area contributed by atoms with Crippen molar-refractivity contribution in [1.82, 2.24) is 4.57 Å². The minimum Gasteiger partial charge on any atom is -0.459 e. The van der Waals surface area contributed by atoms with Gasteiger partial charge in [0.2, 0.25) is 0 Å². The van der Waals surface area contributed by atoms with Crippen molar-refractivity contribution in [2.75, 3.05) is 0 Å². The van der Waals surface area contributed by atoms with Crippen LogP contribution < -0.4 is 5.56 Å². The number of ether oxygens (including phenoxy) is 1. The number of carbonyl (C=O) groups excluding carboxylic acids is 1. The van der Waals surface area contributed by atoms with E-state index in [0.29, 0.717) is 5.69 Å². The van der Waals surface area contributed by atoms with Crippen molar-refractivity contribution < 1.29 is 19.7 Å². The Kier molecular flexibility index (Phi) is 4.49. The molecule has 0 saturated carbocycles. The molecule has 106 valence electrons. The van der Waals surface area contributed by atoms with Crippen LogP contribution in [0.1, 0.15) is 38.3 Å². The SMILES string of the molecule is Cc1ccc(C(O)O)c(=O)n1CC(=O)OC(C)(C)C. The van der Waals surface area contributed by atoms with Gasteiger partial charge in [-0.2, -0.15) is 0 Å². The second-order valence-electron chi connectivity index (χ2n) is 5.28. The Balaban J connectivity index is 3.05. The van der Waals surface area contributed by atoms with Gasteiger partial charge in [-0.25, -0.2) is 0 Å². The molecule has 0 aliphatic carbocycles. The predicted molar refractivity (Wildman–Crippen MR) is 68.5 cm³/mol. The van der Waals surface area contributed by atoms with Crippen molar-refractivity contribution in [1.29, 1.82) is 0 Å². The van der Waals surface area contributed by atoms with Crippen LogP contribution in [0.25, 0.3) is 0 Å². The third kappa shape index (κ3) is 4.18. The second kappa shape index (κ2) is 5.54. The highest BCUT2D eigenvalue weighted by Crippen LogP contribution is 2.09. The van der Waals surface area contributed by atoms with Crippen LogP contribution in [0.4, 0.5) is 0 Å². The van der Waals surface area contributed by atoms with Crippen LogP contribution in [0.2, 0.25) is 0 Å². The lowest BCUT2D eigenvalue weighted by Crippen LogP contribution is -2.33. The van der Waals surface area contributed by atoms with Crippen LogP contribution in [-0.4, -0.2) is 26.4 Å². The first-order valence-electron chi connectivity index (χ1n) is 5.90. The second-order valence-corrected chi connectivity index (χ2v) is 5.28. The molecular formula is C13H19NO5. The molecular weight excluding hydrogens is 250 g/mol. The molecule has 0 saturated heterocycles. The lowest BCUT2D eigenvalue weighted by molar-refractivity contribution is -0.155. The molecule has 0 atom stereocenters. The molecule has 0 aliphatic rings. The minimum absolute atomic E-state index is 0.172. The molecule has 1 heterocycles. The fraction of sp³-hybridized carbons (Fsp3) is 0.538. The van der Waals surface area contributed by atoms with Gasteiger partial charge in [0, 0.05) is 5.69 Å². The smallest absolute Gasteiger partial charge is 0.326 e. The van der Waals surface area contributed by atoms with Crippen molar-refractivity contribution in [2.24, 2.45) is 0 Å². The molecule has 0 unspecified atom stereocenters. The van der Waals surface area contributed by atoms with E-state index in [-0.39, 0.29) is 12.1 Å². The molecule has 0 spiro atoms. The Morgan fingerprint density at radius 1 is 1.37 bits per heavy atom. The van der Waals surface area contributed by atoms with Gasteiger partial charge in [0.25, 0.3) is 5.56 Å². The van der Waals surface area contributed by atoms with E-state index in [1.165, 1.54) is 6.07 Å². The number of hydrogen-bond acceptors (Lipinski definition) is 5. The molecule has 6 nitrogen and oxygen atoms in total. The van der Waals surface area contributed by atoms with Crippen molar-refractivity contribution in [3.63, 3.8) is 0 Å². The fourth-order valence-electron chi connectivity index (χ4n) is 1.58. The zero-order valence-electron chi connectivity index (χ0n) is 11.5. The first-order chi connectivity index (χ1) is 8.61. The van der Waals surface area contributed by atoms with E-state index in [9.17, 15) is 9.59 Å². The van der Waals surface area contributed by atoms with Crippen LogP contribution in [0.5, 0.6) is 0 Å². The van der Waals surface area contributed by atoms with E-state index in [4.69, 9.17) is 14.9 Å². The van der Waals surface area contributed by atoms with E-state index >= 15 is 0 Å². The molecule has 0 aromatic carbocycles. The largest absolute Gasteiger partial charge is 0.459 e. The fourth-order valence-corrected chi connectivity index (χ4v) is 1.58. The van der Waals surface area contributed by atoms with Crippen LogP contribution in [0.15, 0.2) is 16.9 Å². The molecule has 0 radical (unpaired) electrons. The normalized spacial score (nSPS) is 11.7. The van der Waals surface area contributed by atoms with Gasteiger partial charge in [0.1, 0.15) is 12.1 Å². The maximum atomic E-state index is 12.0. The van der Waals surface area contributed by atoms with E-state index < -0.39 is 23.4 Å². The number of aliphatic hydroxyl groups is 2. The summed E-state index contributed by atoms with van der Waals surface area (Å²) in [5, 5.41) is 18.1. The summed E-state index contributed by atoms with van der Waals surface area (Å²) < 4.78 is 6.28. The summed E-state index contributed by atoms with van der Waals surface area (Å²) in [6, 6.07) is 2.87. The minimum atomic E-state index is -1.86. The summed E-state index contributed by atoms with van der Waals surface area (Å²) in [4.78, 5) is 23.7. The summed E-state index contributed by atoms with van der Waals surface area (Å²) in [5.41, 5.74) is -0.877. The van der Waals surface area contributed by atoms with E-state index in [0.717, 1.165) is 4.57 Å². The highest BCUT2D eigenvalue weighted by Gasteiger charge is 2.19. The monoisotopic (exact) mass is 269 g/mol. The standard InChI is InChI=1S/C13H19NO5/c1-8-5-6-9(12(17)18)11(16)14(8)7-10(15)19-13(2,3)4/h5-6,12,17-18H,7H2,1-4H3. The summed E-state index contributed by atoms with van der Waals surface area (Å²) >= 11 is 0. The van der Waals surface area contributed by atoms with Gasteiger partial charge in [-0.3, -0.25) is 9.59 Å². The van der Waals surface area contributed by atoms with Gasteiger partial charge in [-0.1, -0.05) is 0 Å². The Morgan fingerprint density at radius 3 is 2.42 bits per heavy atom. The van der Waals surface area contributed by atoms with Gasteiger partial charge in [-0.05, 0) is 39.8 Å². The van der Waals surface area contributed by atoms with Crippen LogP contribution >= 0.6 is 0 Å². The molecule has 0 bridgehead atoms. The van der Waals surface area contributed by atoms with Gasteiger partial charge in [0.05, 0.1) is 5.56 Å². The Hall–Kier alpha value is -1.66. The van der Waals surface area contributed by atoms with Gasteiger partial charge < -0.3 is 19.5 Å². The molecule has 0 amide bonds. The number of aryl methyl sites for hydroxylation is 1. The first-order valence-corrected chi connectivity index (χ1v) is 5.90. The first kappa shape index (κ1) is 15.4. The van der Waals surface area contributed by atoms with Gasteiger partial charge in [0.15, 0.2) is 6.29 Å². The van der Waals surface area contributed by atoms with Crippen molar-refractivity contribution in [3.05, 3.63) is 33.7 Å². The number of pyridine rings is 1. The molecule has 0 aliphatic heterocycles. The lowest BCUT2D eigenvalue weighted by Gasteiger charge is -2.20. The summed E-state index contributed by atoms with van der Waals surface area (Å²) in [7, 11) is 0. The Morgan fingerprint density at radius 2 is 1.95 bits per heavy atom. The maximum absolute atomic E-state index is 12.0. The predicted octanol–water partition coefficient (Wildman–Crippen LogP) is 0.482. The van der Waals surface area contributed by atoms with Crippen LogP contribution in [0, 0.1) is 6.92 Å². The molecule has 1 rings (SSSR count). The third-order valence-electron chi connectivity index (χ3n) is 2.41. The molecule has 19 heavy (non-hydrogen) atoms. The Labute approximate surface area is 111 Å². The molecule has 1 aromatic heterocycles. The van der Waals surface area contributed by atoms with Gasteiger partial charge >= 0.3 is 5.97 Å². The van der Waals surface area contributed by atoms with E-state index in [2.05, 4.69) is 0 Å². The molecule has 2 N–H and O–H groups in total. The number of aromatic nitrogens is 1. The summed E-state index contributed by atoms with van der Waals surface area (Å²) in [6.45, 7) is 6.58. The van der Waals surface area contributed by atoms with E-state index in [1.807, 2.05) is 0 Å². The highest BCUT2D eigenvalue weighted by atomic mass is 16.6. The average molecular weight is 269 g/mol. The number of hydrogen-bond donors (Lipinski definition) is 2. The lowest BCUT2D eigenvalue weighted by atomic mass is 10.2. The number of nitrogens with zero attached hydrogens (tertiary/aromatic N) is 1. The van der Waals surface area contributed by atoms with Gasteiger partial charge in [-0.15, -0.1) is 0 Å². The topological polar surface area (TPSA) is 88.8 Å². The number of esters is 1. The van der Waals surface area contributed by atoms with Crippen molar-refractivity contribution >= 4 is 5.97 Å². The number of carbonyl (C=O) groups is 1. The maximum Gasteiger partial charge on any atom is 0.326 e. The van der Waals surface area contributed by atoms with Crippen LogP contribution in [-0.2, 0) is 16.1 Å². The zero-order valence-corrected chi connectivity index (χ0v) is 11.5. The Bertz CT molecular complexity index is 525. The number of aliphatic hydroxyl groups excluding tert-OH is 1. The molecule has 0 fully saturated rings. The average Bonchev–Trinajstić information content (AvgIpc) is 2.21. The zero-order chi connectivity index (χ0) is 14.8. The van der Waals surface area contributed by atoms with Crippen LogP contribution in [0.3, 0.4) is 0 Å².